The molecule has 1 saturated heterocycles. The van der Waals surface area contributed by atoms with Crippen LogP contribution in [0.4, 0.5) is 0 Å². The monoisotopic (exact) mass is 228 g/mol. The molecule has 1 aliphatic heterocycles. The van der Waals surface area contributed by atoms with Crippen LogP contribution in [0.25, 0.3) is 12.2 Å². The third-order valence-electron chi connectivity index (χ3n) is 3.78. The molecule has 88 valence electrons. The highest BCUT2D eigenvalue weighted by Crippen LogP contribution is 2.37. The average Bonchev–Trinajstić information content (AvgIpc) is 2.97. The van der Waals surface area contributed by atoms with Gasteiger partial charge in [-0.1, -0.05) is 0 Å². The zero-order chi connectivity index (χ0) is 12.0. The molecule has 2 aliphatic rings. The minimum atomic E-state index is -0.187. The largest absolute Gasteiger partial charge is 0.346 e. The van der Waals surface area contributed by atoms with Crippen molar-refractivity contribution in [3.05, 3.63) is 39.1 Å². The van der Waals surface area contributed by atoms with Gasteiger partial charge in [-0.05, 0) is 60.7 Å². The van der Waals surface area contributed by atoms with Crippen molar-refractivity contribution in [1.29, 1.82) is 0 Å². The molecule has 1 fully saturated rings. The molecule has 1 aliphatic carbocycles. The van der Waals surface area contributed by atoms with Crippen molar-refractivity contribution < 1.29 is 9.47 Å². The summed E-state index contributed by atoms with van der Waals surface area (Å²) in [5.41, 5.74) is 10.8. The van der Waals surface area contributed by atoms with E-state index >= 15 is 0 Å². The molecule has 0 atom stereocenters. The molecule has 1 aromatic carbocycles. The minimum absolute atomic E-state index is 0.187. The second-order valence-corrected chi connectivity index (χ2v) is 4.64. The topological polar surface area (TPSA) is 18.5 Å². The van der Waals surface area contributed by atoms with Crippen LogP contribution in [0, 0.1) is 20.8 Å². The van der Waals surface area contributed by atoms with Crippen LogP contribution in [-0.2, 0) is 9.47 Å². The molecule has 1 aromatic rings. The lowest BCUT2D eigenvalue weighted by atomic mass is 9.89. The van der Waals surface area contributed by atoms with Crippen molar-refractivity contribution >= 4 is 12.2 Å². The minimum Gasteiger partial charge on any atom is -0.346 e. The molecule has 17 heavy (non-hydrogen) atoms. The number of rotatable bonds is 1. The first kappa shape index (κ1) is 10.8. The predicted molar refractivity (Wildman–Crippen MR) is 67.7 cm³/mol. The van der Waals surface area contributed by atoms with Gasteiger partial charge in [-0.25, -0.2) is 0 Å². The Labute approximate surface area is 102 Å². The Morgan fingerprint density at radius 2 is 1.53 bits per heavy atom. The first-order valence-electron chi connectivity index (χ1n) is 5.99. The SMILES string of the molecule is Cc1c(C)c(C2OCCO2)c(C)c2c1C=C=C2. The second kappa shape index (κ2) is 3.85. The lowest BCUT2D eigenvalue weighted by Crippen LogP contribution is -2.08. The van der Waals surface area contributed by atoms with Crippen molar-refractivity contribution in [3.63, 3.8) is 0 Å². The Morgan fingerprint density at radius 3 is 2.18 bits per heavy atom. The van der Waals surface area contributed by atoms with Crippen molar-refractivity contribution in [1.82, 2.24) is 0 Å². The molecule has 2 nitrogen and oxygen atoms in total. The smallest absolute Gasteiger partial charge is 0.184 e. The molecule has 0 saturated carbocycles. The molecule has 0 spiro atoms. The first-order valence-corrected chi connectivity index (χ1v) is 5.99. The molecule has 0 aromatic heterocycles. The quantitative estimate of drug-likeness (QED) is 0.697. The molecule has 0 radical (unpaired) electrons. The van der Waals surface area contributed by atoms with Gasteiger partial charge in [0.15, 0.2) is 6.29 Å². The summed E-state index contributed by atoms with van der Waals surface area (Å²) in [5.74, 6) is 0. The van der Waals surface area contributed by atoms with E-state index in [0.29, 0.717) is 13.2 Å². The third-order valence-corrected chi connectivity index (χ3v) is 3.78. The van der Waals surface area contributed by atoms with Crippen LogP contribution in [0.1, 0.15) is 39.7 Å². The maximum absolute atomic E-state index is 5.65. The number of hydrogen-bond acceptors (Lipinski definition) is 2. The summed E-state index contributed by atoms with van der Waals surface area (Å²) < 4.78 is 11.3. The maximum Gasteiger partial charge on any atom is 0.184 e. The zero-order valence-electron chi connectivity index (χ0n) is 10.5. The van der Waals surface area contributed by atoms with E-state index in [1.165, 1.54) is 33.4 Å². The van der Waals surface area contributed by atoms with Crippen LogP contribution >= 0.6 is 0 Å². The summed E-state index contributed by atoms with van der Waals surface area (Å²) >= 11 is 0. The van der Waals surface area contributed by atoms with E-state index in [1.807, 2.05) is 0 Å². The fraction of sp³-hybridized carbons (Fsp3) is 0.400. The highest BCUT2D eigenvalue weighted by molar-refractivity contribution is 5.79. The Hall–Kier alpha value is -1.34. The fourth-order valence-electron chi connectivity index (χ4n) is 2.69. The number of fused-ring (bicyclic) bond motifs is 1. The second-order valence-electron chi connectivity index (χ2n) is 4.64. The molecular weight excluding hydrogens is 212 g/mol. The van der Waals surface area contributed by atoms with Crippen molar-refractivity contribution in [2.24, 2.45) is 0 Å². The van der Waals surface area contributed by atoms with Gasteiger partial charge in [0.25, 0.3) is 0 Å². The van der Waals surface area contributed by atoms with E-state index < -0.39 is 0 Å². The summed E-state index contributed by atoms with van der Waals surface area (Å²) in [6, 6.07) is 0. The van der Waals surface area contributed by atoms with Crippen LogP contribution in [0.2, 0.25) is 0 Å². The van der Waals surface area contributed by atoms with Gasteiger partial charge in [-0.2, -0.15) is 0 Å². The molecule has 1 heterocycles. The van der Waals surface area contributed by atoms with Crippen LogP contribution in [0.5, 0.6) is 0 Å². The summed E-state index contributed by atoms with van der Waals surface area (Å²) in [7, 11) is 0. The van der Waals surface area contributed by atoms with Gasteiger partial charge < -0.3 is 9.47 Å². The molecule has 0 unspecified atom stereocenters. The van der Waals surface area contributed by atoms with Crippen LogP contribution in [-0.4, -0.2) is 13.2 Å². The number of hydrogen-bond donors (Lipinski definition) is 0. The van der Waals surface area contributed by atoms with Gasteiger partial charge in [-0.15, -0.1) is 5.73 Å². The summed E-state index contributed by atoms with van der Waals surface area (Å²) in [6.07, 6.45) is 3.92. The highest BCUT2D eigenvalue weighted by atomic mass is 16.7. The van der Waals surface area contributed by atoms with Gasteiger partial charge in [0.05, 0.1) is 13.2 Å². The Kier molecular flexibility index (Phi) is 2.44. The van der Waals surface area contributed by atoms with E-state index in [9.17, 15) is 0 Å². The van der Waals surface area contributed by atoms with Crippen molar-refractivity contribution in [2.45, 2.75) is 27.1 Å². The van der Waals surface area contributed by atoms with Gasteiger partial charge in [0.1, 0.15) is 0 Å². The Bertz CT molecular complexity index is 543. The summed E-state index contributed by atoms with van der Waals surface area (Å²) in [4.78, 5) is 0. The Balaban J connectivity index is 2.22. The zero-order valence-corrected chi connectivity index (χ0v) is 10.5. The first-order chi connectivity index (χ1) is 8.20. The van der Waals surface area contributed by atoms with E-state index in [-0.39, 0.29) is 6.29 Å². The average molecular weight is 228 g/mol. The highest BCUT2D eigenvalue weighted by Gasteiger charge is 2.26. The van der Waals surface area contributed by atoms with E-state index in [2.05, 4.69) is 38.7 Å². The van der Waals surface area contributed by atoms with Crippen LogP contribution < -0.4 is 0 Å². The lowest BCUT2D eigenvalue weighted by Gasteiger charge is -2.20. The van der Waals surface area contributed by atoms with Crippen LogP contribution in [0.3, 0.4) is 0 Å². The van der Waals surface area contributed by atoms with Crippen molar-refractivity contribution in [3.8, 4) is 0 Å². The molecule has 0 bridgehead atoms. The lowest BCUT2D eigenvalue weighted by molar-refractivity contribution is -0.0450. The molecule has 0 N–H and O–H groups in total. The fourth-order valence-corrected chi connectivity index (χ4v) is 2.69. The molecule has 2 heteroatoms. The summed E-state index contributed by atoms with van der Waals surface area (Å²) in [5, 5.41) is 0. The molecule has 3 rings (SSSR count). The van der Waals surface area contributed by atoms with E-state index in [1.54, 1.807) is 0 Å². The van der Waals surface area contributed by atoms with E-state index in [4.69, 9.17) is 9.47 Å². The van der Waals surface area contributed by atoms with Gasteiger partial charge in [0.2, 0.25) is 0 Å². The van der Waals surface area contributed by atoms with E-state index in [0.717, 1.165) is 0 Å². The standard InChI is InChI=1S/C15H16O2/c1-9-10(2)14(15-16-7-8-17-15)11(3)13-6-4-5-12(9)13/h5-6,15H,7-8H2,1-3H3. The molecule has 0 amide bonds. The third kappa shape index (κ3) is 1.49. The number of ether oxygens (including phenoxy) is 2. The maximum atomic E-state index is 5.65. The number of benzene rings is 1. The van der Waals surface area contributed by atoms with Gasteiger partial charge >= 0.3 is 0 Å². The van der Waals surface area contributed by atoms with Gasteiger partial charge in [-0.3, -0.25) is 0 Å². The Morgan fingerprint density at radius 1 is 0.941 bits per heavy atom. The predicted octanol–water partition coefficient (Wildman–Crippen LogP) is 3.30. The van der Waals surface area contributed by atoms with Crippen molar-refractivity contribution in [2.75, 3.05) is 13.2 Å². The molecular formula is C15H16O2. The van der Waals surface area contributed by atoms with Crippen LogP contribution in [0.15, 0.2) is 5.73 Å². The normalized spacial score (nSPS) is 18.1. The summed E-state index contributed by atoms with van der Waals surface area (Å²) in [6.45, 7) is 7.82. The van der Waals surface area contributed by atoms with Gasteiger partial charge in [0, 0.05) is 5.56 Å².